The largest absolute Gasteiger partial charge is 0.481 e. The SMILES string of the molecule is CCCC1(C(=O)O)CCCN(C2CSC(C)C2)C1. The van der Waals surface area contributed by atoms with Crippen molar-refractivity contribution in [1.82, 2.24) is 4.90 Å². The van der Waals surface area contributed by atoms with Crippen molar-refractivity contribution >= 4 is 17.7 Å². The molecule has 0 aromatic carbocycles. The van der Waals surface area contributed by atoms with Crippen LogP contribution in [0.5, 0.6) is 0 Å². The van der Waals surface area contributed by atoms with Crippen molar-refractivity contribution in [2.24, 2.45) is 5.41 Å². The van der Waals surface area contributed by atoms with E-state index in [9.17, 15) is 9.90 Å². The van der Waals surface area contributed by atoms with E-state index in [0.717, 1.165) is 44.0 Å². The molecule has 1 N–H and O–H groups in total. The molecule has 2 rings (SSSR count). The predicted octanol–water partition coefficient (Wildman–Crippen LogP) is 2.85. The number of nitrogens with zero attached hydrogens (tertiary/aromatic N) is 1. The molecule has 104 valence electrons. The number of carboxylic acid groups (broad SMARTS) is 1. The molecule has 0 amide bonds. The Morgan fingerprint density at radius 1 is 1.56 bits per heavy atom. The van der Waals surface area contributed by atoms with Gasteiger partial charge in [0.05, 0.1) is 5.41 Å². The highest BCUT2D eigenvalue weighted by Gasteiger charge is 2.43. The number of hydrogen-bond donors (Lipinski definition) is 1. The number of aliphatic carboxylic acids is 1. The zero-order chi connectivity index (χ0) is 13.2. The first-order chi connectivity index (χ1) is 8.57. The first-order valence-corrected chi connectivity index (χ1v) is 8.21. The van der Waals surface area contributed by atoms with Gasteiger partial charge in [0.15, 0.2) is 0 Å². The highest BCUT2D eigenvalue weighted by Crippen LogP contribution is 2.38. The molecule has 0 radical (unpaired) electrons. The van der Waals surface area contributed by atoms with Crippen LogP contribution in [0.15, 0.2) is 0 Å². The number of thioether (sulfide) groups is 1. The highest BCUT2D eigenvalue weighted by molar-refractivity contribution is 8.00. The van der Waals surface area contributed by atoms with Gasteiger partial charge in [0.25, 0.3) is 0 Å². The third kappa shape index (κ3) is 2.85. The molecule has 0 aliphatic carbocycles. The molecule has 0 aromatic heterocycles. The Morgan fingerprint density at radius 2 is 2.33 bits per heavy atom. The predicted molar refractivity (Wildman–Crippen MR) is 76.1 cm³/mol. The fraction of sp³-hybridized carbons (Fsp3) is 0.929. The first-order valence-electron chi connectivity index (χ1n) is 7.16. The van der Waals surface area contributed by atoms with E-state index in [1.807, 2.05) is 11.8 Å². The maximum Gasteiger partial charge on any atom is 0.310 e. The molecule has 0 bridgehead atoms. The molecule has 2 saturated heterocycles. The third-order valence-corrected chi connectivity index (χ3v) is 5.82. The molecule has 2 fully saturated rings. The minimum Gasteiger partial charge on any atom is -0.481 e. The van der Waals surface area contributed by atoms with E-state index in [1.165, 1.54) is 12.2 Å². The van der Waals surface area contributed by atoms with Crippen molar-refractivity contribution in [2.45, 2.75) is 57.2 Å². The minimum atomic E-state index is -0.576. The summed E-state index contributed by atoms with van der Waals surface area (Å²) in [5.74, 6) is 0.607. The van der Waals surface area contributed by atoms with Gasteiger partial charge in [-0.25, -0.2) is 0 Å². The molecular formula is C14H25NO2S. The topological polar surface area (TPSA) is 40.5 Å². The summed E-state index contributed by atoms with van der Waals surface area (Å²) in [6.07, 6.45) is 4.93. The van der Waals surface area contributed by atoms with E-state index in [-0.39, 0.29) is 0 Å². The lowest BCUT2D eigenvalue weighted by molar-refractivity contribution is -0.153. The minimum absolute atomic E-state index is 0.469. The van der Waals surface area contributed by atoms with Crippen LogP contribution in [0.2, 0.25) is 0 Å². The highest BCUT2D eigenvalue weighted by atomic mass is 32.2. The summed E-state index contributed by atoms with van der Waals surface area (Å²) in [6.45, 7) is 6.24. The van der Waals surface area contributed by atoms with E-state index in [4.69, 9.17) is 0 Å². The number of carboxylic acids is 1. The van der Waals surface area contributed by atoms with Gasteiger partial charge in [-0.15, -0.1) is 0 Å². The van der Waals surface area contributed by atoms with Crippen molar-refractivity contribution in [1.29, 1.82) is 0 Å². The zero-order valence-electron chi connectivity index (χ0n) is 11.5. The van der Waals surface area contributed by atoms with Gasteiger partial charge < -0.3 is 5.11 Å². The molecule has 2 heterocycles. The Labute approximate surface area is 114 Å². The number of hydrogen-bond acceptors (Lipinski definition) is 3. The molecule has 4 heteroatoms. The third-order valence-electron chi connectivity index (χ3n) is 4.48. The van der Waals surface area contributed by atoms with Crippen molar-refractivity contribution in [3.8, 4) is 0 Å². The maximum absolute atomic E-state index is 11.7. The Hall–Kier alpha value is -0.220. The fourth-order valence-electron chi connectivity index (χ4n) is 3.49. The van der Waals surface area contributed by atoms with Gasteiger partial charge >= 0.3 is 5.97 Å². The van der Waals surface area contributed by atoms with E-state index in [0.29, 0.717) is 6.04 Å². The number of rotatable bonds is 4. The van der Waals surface area contributed by atoms with Crippen LogP contribution in [0, 0.1) is 5.41 Å². The Balaban J connectivity index is 2.04. The molecule has 18 heavy (non-hydrogen) atoms. The smallest absolute Gasteiger partial charge is 0.310 e. The van der Waals surface area contributed by atoms with Gasteiger partial charge in [0.1, 0.15) is 0 Å². The second kappa shape index (κ2) is 5.83. The first kappa shape index (κ1) is 14.2. The zero-order valence-corrected chi connectivity index (χ0v) is 12.3. The quantitative estimate of drug-likeness (QED) is 0.853. The maximum atomic E-state index is 11.7. The van der Waals surface area contributed by atoms with Crippen LogP contribution in [-0.4, -0.2) is 46.1 Å². The van der Waals surface area contributed by atoms with Crippen molar-refractivity contribution < 1.29 is 9.90 Å². The van der Waals surface area contributed by atoms with Crippen LogP contribution >= 0.6 is 11.8 Å². The summed E-state index contributed by atoms with van der Waals surface area (Å²) in [5.41, 5.74) is -0.469. The van der Waals surface area contributed by atoms with Gasteiger partial charge in [-0.2, -0.15) is 11.8 Å². The van der Waals surface area contributed by atoms with Gasteiger partial charge in [0, 0.05) is 23.6 Å². The van der Waals surface area contributed by atoms with E-state index in [2.05, 4.69) is 18.7 Å². The molecular weight excluding hydrogens is 246 g/mol. The Morgan fingerprint density at radius 3 is 2.89 bits per heavy atom. The van der Waals surface area contributed by atoms with Crippen LogP contribution in [0.3, 0.4) is 0 Å². The summed E-state index contributed by atoms with van der Waals surface area (Å²) in [4.78, 5) is 14.1. The van der Waals surface area contributed by atoms with Crippen molar-refractivity contribution in [3.05, 3.63) is 0 Å². The van der Waals surface area contributed by atoms with Gasteiger partial charge in [-0.1, -0.05) is 20.3 Å². The summed E-state index contributed by atoms with van der Waals surface area (Å²) in [6, 6.07) is 0.612. The molecule has 0 saturated carbocycles. The lowest BCUT2D eigenvalue weighted by Crippen LogP contribution is -2.51. The molecule has 0 aromatic rings. The Kier molecular flexibility index (Phi) is 4.59. The lowest BCUT2D eigenvalue weighted by Gasteiger charge is -2.42. The normalized spacial score (nSPS) is 37.9. The standard InChI is InChI=1S/C14H25NO2S/c1-3-5-14(13(16)17)6-4-7-15(10-14)12-8-11(2)18-9-12/h11-12H,3-10H2,1-2H3,(H,16,17). The van der Waals surface area contributed by atoms with Crippen LogP contribution in [0.1, 0.15) is 46.0 Å². The van der Waals surface area contributed by atoms with Crippen molar-refractivity contribution in [2.75, 3.05) is 18.8 Å². The van der Waals surface area contributed by atoms with E-state index >= 15 is 0 Å². The van der Waals surface area contributed by atoms with E-state index in [1.54, 1.807) is 0 Å². The molecule has 3 atom stereocenters. The second-order valence-corrected chi connectivity index (χ2v) is 7.41. The average Bonchev–Trinajstić information content (AvgIpc) is 2.76. The molecule has 2 aliphatic rings. The van der Waals surface area contributed by atoms with Gasteiger partial charge in [-0.3, -0.25) is 9.69 Å². The summed E-state index contributed by atoms with van der Waals surface area (Å²) in [7, 11) is 0. The molecule has 2 aliphatic heterocycles. The van der Waals surface area contributed by atoms with Crippen LogP contribution in [-0.2, 0) is 4.79 Å². The summed E-state index contributed by atoms with van der Waals surface area (Å²) >= 11 is 2.03. The summed E-state index contributed by atoms with van der Waals surface area (Å²) in [5, 5.41) is 10.3. The average molecular weight is 271 g/mol. The van der Waals surface area contributed by atoms with E-state index < -0.39 is 11.4 Å². The van der Waals surface area contributed by atoms with Crippen LogP contribution < -0.4 is 0 Å². The van der Waals surface area contributed by atoms with Gasteiger partial charge in [0.2, 0.25) is 0 Å². The fourth-order valence-corrected chi connectivity index (χ4v) is 4.75. The number of piperidine rings is 1. The lowest BCUT2D eigenvalue weighted by atomic mass is 9.76. The second-order valence-electron chi connectivity index (χ2n) is 5.94. The van der Waals surface area contributed by atoms with Crippen LogP contribution in [0.25, 0.3) is 0 Å². The molecule has 3 nitrogen and oxygen atoms in total. The monoisotopic (exact) mass is 271 g/mol. The number of likely N-dealkylation sites (tertiary alicyclic amines) is 1. The molecule has 0 spiro atoms. The Bertz CT molecular complexity index is 306. The molecule has 3 unspecified atom stereocenters. The van der Waals surface area contributed by atoms with Crippen molar-refractivity contribution in [3.63, 3.8) is 0 Å². The number of carbonyl (C=O) groups is 1. The van der Waals surface area contributed by atoms with Crippen LogP contribution in [0.4, 0.5) is 0 Å². The van der Waals surface area contributed by atoms with Gasteiger partial charge in [-0.05, 0) is 32.2 Å². The summed E-state index contributed by atoms with van der Waals surface area (Å²) < 4.78 is 0.